The van der Waals surface area contributed by atoms with E-state index in [4.69, 9.17) is 4.74 Å². The molecule has 3 heteroatoms. The summed E-state index contributed by atoms with van der Waals surface area (Å²) in [5.74, 6) is 0.319. The van der Waals surface area contributed by atoms with Gasteiger partial charge < -0.3 is 15.2 Å². The molecule has 98 valence electrons. The molecule has 18 heavy (non-hydrogen) atoms. The van der Waals surface area contributed by atoms with E-state index in [0.717, 1.165) is 18.7 Å². The molecule has 2 saturated carbocycles. The van der Waals surface area contributed by atoms with Crippen molar-refractivity contribution < 1.29 is 9.84 Å². The minimum absolute atomic E-state index is 0.319. The van der Waals surface area contributed by atoms with Gasteiger partial charge in [-0.2, -0.15) is 0 Å². The Morgan fingerprint density at radius 1 is 1.33 bits per heavy atom. The number of anilines is 1. The molecule has 1 spiro atoms. The fourth-order valence-electron chi connectivity index (χ4n) is 3.40. The van der Waals surface area contributed by atoms with Crippen molar-refractivity contribution in [2.24, 2.45) is 5.41 Å². The number of hydrogen-bond donors (Lipinski definition) is 2. The van der Waals surface area contributed by atoms with Gasteiger partial charge in [-0.1, -0.05) is 6.42 Å². The van der Waals surface area contributed by atoms with Crippen LogP contribution in [0.15, 0.2) is 24.3 Å². The molecular weight excluding hydrogens is 226 g/mol. The second-order valence-electron chi connectivity index (χ2n) is 5.51. The molecule has 2 aliphatic carbocycles. The molecule has 1 aromatic rings. The van der Waals surface area contributed by atoms with Crippen LogP contribution in [0.4, 0.5) is 5.69 Å². The minimum atomic E-state index is 0.319. The van der Waals surface area contributed by atoms with Crippen molar-refractivity contribution in [3.05, 3.63) is 24.3 Å². The first-order valence-corrected chi connectivity index (χ1v) is 6.92. The molecule has 0 heterocycles. The van der Waals surface area contributed by atoms with Gasteiger partial charge in [0.15, 0.2) is 0 Å². The number of phenols is 1. The highest BCUT2D eigenvalue weighted by atomic mass is 16.5. The predicted octanol–water partition coefficient (Wildman–Crippen LogP) is 3.15. The number of benzene rings is 1. The molecule has 0 saturated heterocycles. The average molecular weight is 247 g/mol. The summed E-state index contributed by atoms with van der Waals surface area (Å²) < 4.78 is 5.84. The largest absolute Gasteiger partial charge is 0.508 e. The molecule has 1 aromatic carbocycles. The van der Waals surface area contributed by atoms with Crippen molar-refractivity contribution in [2.75, 3.05) is 11.9 Å². The maximum atomic E-state index is 9.29. The zero-order chi connectivity index (χ0) is 12.6. The maximum absolute atomic E-state index is 9.29. The van der Waals surface area contributed by atoms with E-state index in [9.17, 15) is 5.11 Å². The Labute approximate surface area is 108 Å². The summed E-state index contributed by atoms with van der Waals surface area (Å²) in [5.41, 5.74) is 1.48. The lowest BCUT2D eigenvalue weighted by Gasteiger charge is -2.61. The molecule has 0 radical (unpaired) electrons. The van der Waals surface area contributed by atoms with Crippen LogP contribution in [-0.2, 0) is 4.74 Å². The van der Waals surface area contributed by atoms with Crippen LogP contribution in [0.25, 0.3) is 0 Å². The van der Waals surface area contributed by atoms with Crippen LogP contribution < -0.4 is 5.32 Å². The molecule has 2 N–H and O–H groups in total. The smallest absolute Gasteiger partial charge is 0.115 e. The molecule has 3 rings (SSSR count). The van der Waals surface area contributed by atoms with Gasteiger partial charge in [0.2, 0.25) is 0 Å². The van der Waals surface area contributed by atoms with Gasteiger partial charge >= 0.3 is 0 Å². The summed E-state index contributed by atoms with van der Waals surface area (Å²) in [4.78, 5) is 0. The monoisotopic (exact) mass is 247 g/mol. The van der Waals surface area contributed by atoms with E-state index < -0.39 is 0 Å². The number of phenolic OH excluding ortho intramolecular Hbond substituents is 1. The van der Waals surface area contributed by atoms with Crippen LogP contribution >= 0.6 is 0 Å². The van der Waals surface area contributed by atoms with E-state index >= 15 is 0 Å². The predicted molar refractivity (Wildman–Crippen MR) is 71.8 cm³/mol. The first kappa shape index (κ1) is 11.8. The fraction of sp³-hybridized carbons (Fsp3) is 0.600. The average Bonchev–Trinajstić information content (AvgIpc) is 2.28. The van der Waals surface area contributed by atoms with Crippen molar-refractivity contribution in [3.8, 4) is 5.75 Å². The lowest BCUT2D eigenvalue weighted by Crippen LogP contribution is -2.64. The van der Waals surface area contributed by atoms with E-state index in [-0.39, 0.29) is 0 Å². The fourth-order valence-corrected chi connectivity index (χ4v) is 3.40. The van der Waals surface area contributed by atoms with E-state index in [0.29, 0.717) is 23.3 Å². The first-order chi connectivity index (χ1) is 8.74. The summed E-state index contributed by atoms with van der Waals surface area (Å²) >= 11 is 0. The molecule has 2 fully saturated rings. The van der Waals surface area contributed by atoms with Crippen molar-refractivity contribution in [1.29, 1.82) is 0 Å². The quantitative estimate of drug-likeness (QED) is 0.803. The summed E-state index contributed by atoms with van der Waals surface area (Å²) in [6, 6.07) is 7.88. The lowest BCUT2D eigenvalue weighted by molar-refractivity contribution is -0.157. The summed E-state index contributed by atoms with van der Waals surface area (Å²) in [6.45, 7) is 2.89. The number of nitrogens with one attached hydrogen (secondary N) is 1. The van der Waals surface area contributed by atoms with Crippen LogP contribution in [0, 0.1) is 5.41 Å². The van der Waals surface area contributed by atoms with Crippen molar-refractivity contribution in [1.82, 2.24) is 0 Å². The third-order valence-corrected chi connectivity index (χ3v) is 4.65. The summed E-state index contributed by atoms with van der Waals surface area (Å²) in [6.07, 6.45) is 5.46. The molecule has 0 amide bonds. The molecule has 2 aliphatic rings. The number of hydrogen-bond acceptors (Lipinski definition) is 3. The van der Waals surface area contributed by atoms with Gasteiger partial charge in [-0.15, -0.1) is 0 Å². The zero-order valence-electron chi connectivity index (χ0n) is 10.9. The Bertz CT molecular complexity index is 411. The third kappa shape index (κ3) is 1.77. The highest BCUT2D eigenvalue weighted by Gasteiger charge is 2.58. The standard InChI is InChI=1S/C15H21NO2/c1-2-18-14-10-13(15(14)8-3-9-15)16-11-4-6-12(17)7-5-11/h4-7,13-14,16-17H,2-3,8-10H2,1H3. The number of aromatic hydroxyl groups is 1. The van der Waals surface area contributed by atoms with Gasteiger partial charge in [0.1, 0.15) is 5.75 Å². The Morgan fingerprint density at radius 2 is 2.06 bits per heavy atom. The summed E-state index contributed by atoms with van der Waals surface area (Å²) in [5, 5.41) is 12.9. The molecular formula is C15H21NO2. The SMILES string of the molecule is CCOC1CC(Nc2ccc(O)cc2)C12CCC2. The molecule has 3 nitrogen and oxygen atoms in total. The van der Waals surface area contributed by atoms with Crippen LogP contribution in [0.3, 0.4) is 0 Å². The number of ether oxygens (including phenoxy) is 1. The second kappa shape index (κ2) is 4.47. The highest BCUT2D eigenvalue weighted by molar-refractivity contribution is 5.48. The molecule has 2 atom stereocenters. The van der Waals surface area contributed by atoms with Gasteiger partial charge in [0.25, 0.3) is 0 Å². The number of rotatable bonds is 4. The van der Waals surface area contributed by atoms with E-state index in [1.165, 1.54) is 19.3 Å². The van der Waals surface area contributed by atoms with Crippen molar-refractivity contribution in [3.63, 3.8) is 0 Å². The Hall–Kier alpha value is -1.22. The first-order valence-electron chi connectivity index (χ1n) is 6.92. The Kier molecular flexibility index (Phi) is 2.94. The Balaban J connectivity index is 1.66. The molecule has 0 aliphatic heterocycles. The van der Waals surface area contributed by atoms with Crippen LogP contribution in [0.5, 0.6) is 5.75 Å². The topological polar surface area (TPSA) is 41.5 Å². The minimum Gasteiger partial charge on any atom is -0.508 e. The van der Waals surface area contributed by atoms with Crippen LogP contribution in [-0.4, -0.2) is 23.9 Å². The van der Waals surface area contributed by atoms with Gasteiger partial charge in [0.05, 0.1) is 6.10 Å². The summed E-state index contributed by atoms with van der Waals surface area (Å²) in [7, 11) is 0. The normalized spacial score (nSPS) is 28.5. The second-order valence-corrected chi connectivity index (χ2v) is 5.51. The van der Waals surface area contributed by atoms with Gasteiger partial charge in [0, 0.05) is 23.8 Å². The Morgan fingerprint density at radius 3 is 2.61 bits per heavy atom. The molecule has 0 aromatic heterocycles. The molecule has 0 bridgehead atoms. The van der Waals surface area contributed by atoms with Gasteiger partial charge in [-0.05, 0) is 50.5 Å². The molecule has 2 unspecified atom stereocenters. The highest BCUT2D eigenvalue weighted by Crippen LogP contribution is 2.58. The van der Waals surface area contributed by atoms with Crippen molar-refractivity contribution in [2.45, 2.75) is 44.8 Å². The van der Waals surface area contributed by atoms with Crippen LogP contribution in [0.1, 0.15) is 32.6 Å². The van der Waals surface area contributed by atoms with Gasteiger partial charge in [-0.25, -0.2) is 0 Å². The zero-order valence-corrected chi connectivity index (χ0v) is 10.9. The van der Waals surface area contributed by atoms with Crippen molar-refractivity contribution >= 4 is 5.69 Å². The van der Waals surface area contributed by atoms with Crippen LogP contribution in [0.2, 0.25) is 0 Å². The van der Waals surface area contributed by atoms with E-state index in [1.807, 2.05) is 12.1 Å². The van der Waals surface area contributed by atoms with E-state index in [2.05, 4.69) is 12.2 Å². The lowest BCUT2D eigenvalue weighted by atomic mass is 9.51. The maximum Gasteiger partial charge on any atom is 0.115 e. The third-order valence-electron chi connectivity index (χ3n) is 4.65. The van der Waals surface area contributed by atoms with E-state index in [1.54, 1.807) is 12.1 Å². The van der Waals surface area contributed by atoms with Gasteiger partial charge in [-0.3, -0.25) is 0 Å².